The molecule has 1 fully saturated rings. The van der Waals surface area contributed by atoms with E-state index in [4.69, 9.17) is 5.11 Å². The molecule has 2 amide bonds. The minimum atomic E-state index is -0.771. The summed E-state index contributed by atoms with van der Waals surface area (Å²) in [5.41, 5.74) is 3.30. The predicted octanol–water partition coefficient (Wildman–Crippen LogP) is 5.43. The number of carbonyl (C=O) groups excluding carboxylic acids is 2. The van der Waals surface area contributed by atoms with Gasteiger partial charge in [-0.1, -0.05) is 43.9 Å². The van der Waals surface area contributed by atoms with Crippen molar-refractivity contribution < 1.29 is 24.4 Å². The van der Waals surface area contributed by atoms with Crippen molar-refractivity contribution in [2.45, 2.75) is 69.6 Å². The first-order valence-corrected chi connectivity index (χ1v) is 13.9. The second kappa shape index (κ2) is 16.2. The molecule has 0 spiro atoms. The standard InChI is InChI=1S/C24H33N3O6S2/c28-21(12-7-5-3-1-2-4-6-8-15-34-16-14-23(30)31)25-26-22(29)13-17-35-24(26)19-10-9-11-20(18-19)27(32)33/h8-11,15,18,24H,1-7,12-14,16-17H2,(H,25,28)(H,30,31). The predicted molar refractivity (Wildman–Crippen MR) is 139 cm³/mol. The fourth-order valence-corrected chi connectivity index (χ4v) is 5.41. The lowest BCUT2D eigenvalue weighted by Gasteiger charge is -2.35. The van der Waals surface area contributed by atoms with E-state index in [2.05, 4.69) is 11.5 Å². The second-order valence-electron chi connectivity index (χ2n) is 8.17. The highest BCUT2D eigenvalue weighted by Crippen LogP contribution is 2.37. The summed E-state index contributed by atoms with van der Waals surface area (Å²) in [6, 6.07) is 6.17. The average molecular weight is 524 g/mol. The maximum absolute atomic E-state index is 12.5. The number of rotatable bonds is 16. The molecule has 1 heterocycles. The molecule has 1 atom stereocenters. The van der Waals surface area contributed by atoms with Crippen LogP contribution in [-0.4, -0.2) is 44.3 Å². The van der Waals surface area contributed by atoms with Crippen LogP contribution in [0.25, 0.3) is 0 Å². The number of hydrogen-bond donors (Lipinski definition) is 2. The van der Waals surface area contributed by atoms with Crippen LogP contribution < -0.4 is 5.43 Å². The van der Waals surface area contributed by atoms with Crippen molar-refractivity contribution in [1.82, 2.24) is 10.4 Å². The lowest BCUT2D eigenvalue weighted by atomic mass is 10.1. The largest absolute Gasteiger partial charge is 0.481 e. The topological polar surface area (TPSA) is 130 Å². The molecular formula is C24H33N3O6S2. The van der Waals surface area contributed by atoms with Gasteiger partial charge in [-0.05, 0) is 30.2 Å². The molecule has 1 aromatic rings. The number of nitro groups is 1. The summed E-state index contributed by atoms with van der Waals surface area (Å²) in [6.45, 7) is 0. The van der Waals surface area contributed by atoms with Gasteiger partial charge >= 0.3 is 5.97 Å². The Morgan fingerprint density at radius 3 is 2.69 bits per heavy atom. The zero-order valence-corrected chi connectivity index (χ0v) is 21.4. The zero-order chi connectivity index (χ0) is 25.5. The molecule has 1 aromatic carbocycles. The Kier molecular flexibility index (Phi) is 13.3. The number of non-ortho nitro benzene ring substituents is 1. The Bertz CT molecular complexity index is 896. The molecule has 1 aliphatic rings. The number of thioether (sulfide) groups is 2. The van der Waals surface area contributed by atoms with Crippen LogP contribution in [0, 0.1) is 10.1 Å². The molecule has 0 bridgehead atoms. The van der Waals surface area contributed by atoms with E-state index in [1.54, 1.807) is 12.1 Å². The number of amides is 2. The summed E-state index contributed by atoms with van der Waals surface area (Å²) in [5, 5.41) is 22.5. The van der Waals surface area contributed by atoms with Crippen LogP contribution in [0.4, 0.5) is 5.69 Å². The number of aliphatic carboxylic acids is 1. The van der Waals surface area contributed by atoms with E-state index in [0.29, 0.717) is 29.9 Å². The van der Waals surface area contributed by atoms with Gasteiger partial charge in [-0.3, -0.25) is 29.9 Å². The van der Waals surface area contributed by atoms with Gasteiger partial charge in [-0.2, -0.15) is 0 Å². The highest BCUT2D eigenvalue weighted by atomic mass is 32.2. The smallest absolute Gasteiger partial charge is 0.304 e. The number of unbranched alkanes of at least 4 members (excludes halogenated alkanes) is 6. The quantitative estimate of drug-likeness (QED) is 0.167. The monoisotopic (exact) mass is 523 g/mol. The van der Waals surface area contributed by atoms with Gasteiger partial charge in [0.15, 0.2) is 0 Å². The molecule has 35 heavy (non-hydrogen) atoms. The first-order chi connectivity index (χ1) is 16.9. The molecule has 9 nitrogen and oxygen atoms in total. The van der Waals surface area contributed by atoms with Gasteiger partial charge in [0.25, 0.3) is 5.69 Å². The first kappa shape index (κ1) is 28.7. The SMILES string of the molecule is O=C(O)CCSC=CCCCCCCCCC(=O)NN1C(=O)CCSC1c1cccc([N+](=O)[O-])c1. The first-order valence-electron chi connectivity index (χ1n) is 11.8. The lowest BCUT2D eigenvalue weighted by Crippen LogP contribution is -2.49. The van der Waals surface area contributed by atoms with Gasteiger partial charge in [0.05, 0.1) is 11.3 Å². The number of hydrazine groups is 1. The van der Waals surface area contributed by atoms with Crippen LogP contribution in [0.15, 0.2) is 35.7 Å². The van der Waals surface area contributed by atoms with Crippen molar-refractivity contribution in [1.29, 1.82) is 0 Å². The van der Waals surface area contributed by atoms with E-state index in [1.165, 1.54) is 40.7 Å². The van der Waals surface area contributed by atoms with Crippen LogP contribution >= 0.6 is 23.5 Å². The van der Waals surface area contributed by atoms with Gasteiger partial charge in [-0.15, -0.1) is 23.5 Å². The van der Waals surface area contributed by atoms with E-state index in [-0.39, 0.29) is 23.9 Å². The number of nitrogens with zero attached hydrogens (tertiary/aromatic N) is 2. The Labute approximate surface area is 214 Å². The molecular weight excluding hydrogens is 490 g/mol. The molecule has 0 radical (unpaired) electrons. The molecule has 1 saturated heterocycles. The average Bonchev–Trinajstić information content (AvgIpc) is 2.83. The van der Waals surface area contributed by atoms with Gasteiger partial charge in [0.2, 0.25) is 11.8 Å². The molecule has 0 aromatic heterocycles. The third-order valence-corrected chi connectivity index (χ3v) is 7.42. The van der Waals surface area contributed by atoms with Gasteiger partial charge < -0.3 is 5.11 Å². The Morgan fingerprint density at radius 2 is 1.94 bits per heavy atom. The molecule has 0 saturated carbocycles. The van der Waals surface area contributed by atoms with Crippen molar-refractivity contribution in [2.24, 2.45) is 0 Å². The van der Waals surface area contributed by atoms with Gasteiger partial charge in [0.1, 0.15) is 5.37 Å². The van der Waals surface area contributed by atoms with E-state index in [0.717, 1.165) is 44.9 Å². The van der Waals surface area contributed by atoms with Gasteiger partial charge in [-0.25, -0.2) is 5.01 Å². The second-order valence-corrected chi connectivity index (χ2v) is 10.4. The van der Waals surface area contributed by atoms with Crippen molar-refractivity contribution >= 4 is 47.0 Å². The minimum absolute atomic E-state index is 0.0435. The molecule has 1 unspecified atom stereocenters. The number of benzene rings is 1. The van der Waals surface area contributed by atoms with Crippen molar-refractivity contribution in [3.63, 3.8) is 0 Å². The van der Waals surface area contributed by atoms with Gasteiger partial charge in [0, 0.05) is 36.5 Å². The third kappa shape index (κ3) is 11.2. The number of hydrogen-bond acceptors (Lipinski definition) is 7. The molecule has 11 heteroatoms. The maximum atomic E-state index is 12.5. The van der Waals surface area contributed by atoms with Crippen LogP contribution in [-0.2, 0) is 14.4 Å². The van der Waals surface area contributed by atoms with E-state index in [9.17, 15) is 24.5 Å². The molecule has 1 aliphatic heterocycles. The molecule has 0 aliphatic carbocycles. The number of carboxylic acids is 1. The Balaban J connectivity index is 1.63. The third-order valence-electron chi connectivity index (χ3n) is 5.36. The highest BCUT2D eigenvalue weighted by Gasteiger charge is 2.32. The van der Waals surface area contributed by atoms with E-state index >= 15 is 0 Å². The van der Waals surface area contributed by atoms with Crippen LogP contribution in [0.5, 0.6) is 0 Å². The number of allylic oxidation sites excluding steroid dienone is 1. The summed E-state index contributed by atoms with van der Waals surface area (Å²) in [6.07, 6.45) is 9.89. The summed E-state index contributed by atoms with van der Waals surface area (Å²) in [7, 11) is 0. The summed E-state index contributed by atoms with van der Waals surface area (Å²) in [5.74, 6) is 0.00847. The van der Waals surface area contributed by atoms with Crippen molar-refractivity contribution in [3.8, 4) is 0 Å². The number of nitro benzene ring substituents is 1. The van der Waals surface area contributed by atoms with E-state index < -0.39 is 16.3 Å². The summed E-state index contributed by atoms with van der Waals surface area (Å²) in [4.78, 5) is 46.0. The van der Waals surface area contributed by atoms with Crippen LogP contribution in [0.1, 0.15) is 75.1 Å². The lowest BCUT2D eigenvalue weighted by molar-refractivity contribution is -0.384. The summed E-state index contributed by atoms with van der Waals surface area (Å²) >= 11 is 3.00. The Hall–Kier alpha value is -2.53. The van der Waals surface area contributed by atoms with Crippen LogP contribution in [0.3, 0.4) is 0 Å². The highest BCUT2D eigenvalue weighted by molar-refractivity contribution is 8.02. The molecule has 2 N–H and O–H groups in total. The fraction of sp³-hybridized carbons (Fsp3) is 0.542. The maximum Gasteiger partial charge on any atom is 0.304 e. The number of carboxylic acid groups (broad SMARTS) is 1. The fourth-order valence-electron chi connectivity index (χ4n) is 3.54. The Morgan fingerprint density at radius 1 is 1.20 bits per heavy atom. The molecule has 192 valence electrons. The number of carbonyl (C=O) groups is 3. The minimum Gasteiger partial charge on any atom is -0.481 e. The van der Waals surface area contributed by atoms with Crippen LogP contribution in [0.2, 0.25) is 0 Å². The van der Waals surface area contributed by atoms with Crippen molar-refractivity contribution in [2.75, 3.05) is 11.5 Å². The van der Waals surface area contributed by atoms with Crippen molar-refractivity contribution in [3.05, 3.63) is 51.4 Å². The van der Waals surface area contributed by atoms with E-state index in [1.807, 2.05) is 5.41 Å². The normalized spacial score (nSPS) is 15.9. The number of nitrogens with one attached hydrogen (secondary N) is 1. The summed E-state index contributed by atoms with van der Waals surface area (Å²) < 4.78 is 0. The molecule has 2 rings (SSSR count). The zero-order valence-electron chi connectivity index (χ0n) is 19.7.